The van der Waals surface area contributed by atoms with Crippen LogP contribution in [0.1, 0.15) is 25.3 Å². The number of nitrogens with one attached hydrogen (secondary N) is 1. The Morgan fingerprint density at radius 3 is 3.21 bits per heavy atom. The second-order valence-corrected chi connectivity index (χ2v) is 3.24. The Morgan fingerprint density at radius 1 is 1.64 bits per heavy atom. The molecule has 0 aliphatic heterocycles. The Kier molecular flexibility index (Phi) is 4.81. The summed E-state index contributed by atoms with van der Waals surface area (Å²) in [5.74, 6) is 2.60. The molecule has 0 saturated heterocycles. The van der Waals surface area contributed by atoms with Crippen molar-refractivity contribution in [2.45, 2.75) is 32.9 Å². The van der Waals surface area contributed by atoms with Gasteiger partial charge in [-0.15, -0.1) is 12.3 Å². The van der Waals surface area contributed by atoms with Gasteiger partial charge in [0.15, 0.2) is 0 Å². The number of nitrogens with zero attached hydrogens (tertiary/aromatic N) is 2. The first-order chi connectivity index (χ1) is 6.86. The molecule has 0 radical (unpaired) electrons. The Labute approximate surface area is 85.5 Å². The lowest BCUT2D eigenvalue weighted by Crippen LogP contribution is -2.13. The minimum atomic E-state index is 0.740. The van der Waals surface area contributed by atoms with E-state index in [-0.39, 0.29) is 0 Å². The largest absolute Gasteiger partial charge is 0.313 e. The molecule has 1 heterocycles. The predicted molar refractivity (Wildman–Crippen MR) is 57.7 cm³/mol. The van der Waals surface area contributed by atoms with E-state index in [1.165, 1.54) is 5.56 Å². The molecule has 0 fully saturated rings. The highest BCUT2D eigenvalue weighted by Crippen LogP contribution is 1.97. The van der Waals surface area contributed by atoms with Crippen LogP contribution in [0, 0.1) is 12.3 Å². The van der Waals surface area contributed by atoms with Crippen molar-refractivity contribution in [2.75, 3.05) is 6.54 Å². The molecular weight excluding hydrogens is 174 g/mol. The van der Waals surface area contributed by atoms with Crippen molar-refractivity contribution in [3.63, 3.8) is 0 Å². The van der Waals surface area contributed by atoms with Crippen LogP contribution in [0.25, 0.3) is 0 Å². The summed E-state index contributed by atoms with van der Waals surface area (Å²) in [5.41, 5.74) is 1.22. The average Bonchev–Trinajstić information content (AvgIpc) is 2.63. The van der Waals surface area contributed by atoms with Gasteiger partial charge in [0.2, 0.25) is 0 Å². The molecule has 1 rings (SSSR count). The molecule has 0 spiro atoms. The van der Waals surface area contributed by atoms with Crippen LogP contribution >= 0.6 is 0 Å². The van der Waals surface area contributed by atoms with Gasteiger partial charge in [0, 0.05) is 24.7 Å². The number of terminal acetylenes is 1. The molecule has 0 amide bonds. The first kappa shape index (κ1) is 10.8. The van der Waals surface area contributed by atoms with Gasteiger partial charge in [-0.05, 0) is 13.0 Å². The van der Waals surface area contributed by atoms with Gasteiger partial charge in [-0.25, -0.2) is 0 Å². The van der Waals surface area contributed by atoms with Gasteiger partial charge in [0.25, 0.3) is 0 Å². The lowest BCUT2D eigenvalue weighted by atomic mass is 10.3. The second-order valence-electron chi connectivity index (χ2n) is 3.24. The third kappa shape index (κ3) is 3.63. The van der Waals surface area contributed by atoms with Crippen molar-refractivity contribution in [3.05, 3.63) is 18.0 Å². The molecule has 0 aromatic carbocycles. The van der Waals surface area contributed by atoms with E-state index >= 15 is 0 Å². The zero-order chi connectivity index (χ0) is 10.2. The smallest absolute Gasteiger partial charge is 0.0534 e. The summed E-state index contributed by atoms with van der Waals surface area (Å²) < 4.78 is 1.89. The molecule has 0 unspecified atom stereocenters. The highest BCUT2D eigenvalue weighted by atomic mass is 15.3. The maximum atomic E-state index is 5.18. The van der Waals surface area contributed by atoms with E-state index in [9.17, 15) is 0 Å². The Balaban J connectivity index is 2.32. The van der Waals surface area contributed by atoms with Crippen molar-refractivity contribution < 1.29 is 0 Å². The van der Waals surface area contributed by atoms with Crippen LogP contribution in [0.2, 0.25) is 0 Å². The van der Waals surface area contributed by atoms with Gasteiger partial charge >= 0.3 is 0 Å². The lowest BCUT2D eigenvalue weighted by Gasteiger charge is -1.98. The molecule has 3 heteroatoms. The van der Waals surface area contributed by atoms with Crippen LogP contribution in [0.3, 0.4) is 0 Å². The molecule has 1 N–H and O–H groups in total. The molecule has 0 atom stereocenters. The maximum Gasteiger partial charge on any atom is 0.0534 e. The van der Waals surface area contributed by atoms with E-state index in [0.717, 1.165) is 32.5 Å². The minimum absolute atomic E-state index is 0.740. The molecule has 14 heavy (non-hydrogen) atoms. The van der Waals surface area contributed by atoms with Crippen molar-refractivity contribution in [1.82, 2.24) is 15.1 Å². The van der Waals surface area contributed by atoms with Crippen LogP contribution in [-0.4, -0.2) is 16.3 Å². The fourth-order valence-corrected chi connectivity index (χ4v) is 1.21. The molecule has 0 aliphatic rings. The monoisotopic (exact) mass is 191 g/mol. The Hall–Kier alpha value is -1.27. The highest BCUT2D eigenvalue weighted by Gasteiger charge is 1.96. The first-order valence-electron chi connectivity index (χ1n) is 5.02. The average molecular weight is 191 g/mol. The standard InChI is InChI=1S/C11H17N3/c1-3-5-7-14-10-11(9-13-14)8-12-6-4-2/h1,9-10,12H,4-8H2,2H3. The van der Waals surface area contributed by atoms with E-state index in [1.807, 2.05) is 17.1 Å². The van der Waals surface area contributed by atoms with Crippen LogP contribution in [0.4, 0.5) is 0 Å². The molecule has 0 aliphatic carbocycles. The van der Waals surface area contributed by atoms with Crippen LogP contribution in [0.5, 0.6) is 0 Å². The van der Waals surface area contributed by atoms with E-state index in [1.54, 1.807) is 0 Å². The first-order valence-corrected chi connectivity index (χ1v) is 5.02. The number of rotatable bonds is 6. The summed E-state index contributed by atoms with van der Waals surface area (Å²) in [4.78, 5) is 0. The minimum Gasteiger partial charge on any atom is -0.313 e. The fraction of sp³-hybridized carbons (Fsp3) is 0.545. The normalized spacial score (nSPS) is 10.0. The number of hydrogen-bond donors (Lipinski definition) is 1. The summed E-state index contributed by atoms with van der Waals surface area (Å²) in [6, 6.07) is 0. The number of hydrogen-bond acceptors (Lipinski definition) is 2. The summed E-state index contributed by atoms with van der Waals surface area (Å²) >= 11 is 0. The van der Waals surface area contributed by atoms with E-state index in [2.05, 4.69) is 23.3 Å². The summed E-state index contributed by atoms with van der Waals surface area (Å²) in [6.07, 6.45) is 11.0. The van der Waals surface area contributed by atoms with Gasteiger partial charge in [0.1, 0.15) is 0 Å². The molecule has 1 aromatic rings. The van der Waals surface area contributed by atoms with Crippen LogP contribution < -0.4 is 5.32 Å². The Bertz CT molecular complexity index is 296. The van der Waals surface area contributed by atoms with Gasteiger partial charge in [-0.3, -0.25) is 4.68 Å². The fourth-order valence-electron chi connectivity index (χ4n) is 1.21. The summed E-state index contributed by atoms with van der Waals surface area (Å²) in [7, 11) is 0. The molecular formula is C11H17N3. The summed E-state index contributed by atoms with van der Waals surface area (Å²) in [5, 5.41) is 7.54. The van der Waals surface area contributed by atoms with Crippen molar-refractivity contribution >= 4 is 0 Å². The lowest BCUT2D eigenvalue weighted by molar-refractivity contribution is 0.627. The van der Waals surface area contributed by atoms with E-state index in [4.69, 9.17) is 6.42 Å². The quantitative estimate of drug-likeness (QED) is 0.544. The molecule has 3 nitrogen and oxygen atoms in total. The molecule has 0 bridgehead atoms. The van der Waals surface area contributed by atoms with Gasteiger partial charge < -0.3 is 5.32 Å². The van der Waals surface area contributed by atoms with Gasteiger partial charge in [-0.2, -0.15) is 5.10 Å². The number of aryl methyl sites for hydroxylation is 1. The van der Waals surface area contributed by atoms with Gasteiger partial charge in [0.05, 0.1) is 12.7 Å². The van der Waals surface area contributed by atoms with Crippen LogP contribution in [-0.2, 0) is 13.1 Å². The molecule has 76 valence electrons. The highest BCUT2D eigenvalue weighted by molar-refractivity contribution is 5.03. The second kappa shape index (κ2) is 6.22. The van der Waals surface area contributed by atoms with Gasteiger partial charge in [-0.1, -0.05) is 6.92 Å². The topological polar surface area (TPSA) is 29.9 Å². The number of aromatic nitrogens is 2. The maximum absolute atomic E-state index is 5.18. The third-order valence-electron chi connectivity index (χ3n) is 1.93. The molecule has 0 saturated carbocycles. The Morgan fingerprint density at radius 2 is 2.50 bits per heavy atom. The SMILES string of the molecule is C#CCCn1cc(CNCCC)cn1. The third-order valence-corrected chi connectivity index (χ3v) is 1.93. The van der Waals surface area contributed by atoms with Crippen LogP contribution in [0.15, 0.2) is 12.4 Å². The summed E-state index contributed by atoms with van der Waals surface area (Å²) in [6.45, 7) is 4.91. The van der Waals surface area contributed by atoms with Crippen molar-refractivity contribution in [3.8, 4) is 12.3 Å². The zero-order valence-electron chi connectivity index (χ0n) is 8.66. The zero-order valence-corrected chi connectivity index (χ0v) is 8.66. The predicted octanol–water partition coefficient (Wildman–Crippen LogP) is 1.41. The van der Waals surface area contributed by atoms with E-state index < -0.39 is 0 Å². The van der Waals surface area contributed by atoms with Crippen molar-refractivity contribution in [2.24, 2.45) is 0 Å². The van der Waals surface area contributed by atoms with E-state index in [0.29, 0.717) is 0 Å². The molecule has 1 aromatic heterocycles. The van der Waals surface area contributed by atoms with Crippen molar-refractivity contribution in [1.29, 1.82) is 0 Å².